The van der Waals surface area contributed by atoms with E-state index in [2.05, 4.69) is 4.98 Å². The molecule has 1 heterocycles. The fourth-order valence-corrected chi connectivity index (χ4v) is 0.344. The van der Waals surface area contributed by atoms with Gasteiger partial charge in [0.25, 0.3) is 0 Å². The lowest BCUT2D eigenvalue weighted by Gasteiger charge is -1.72. The first-order valence-corrected chi connectivity index (χ1v) is 1.78. The summed E-state index contributed by atoms with van der Waals surface area (Å²) in [6.45, 7) is 0. The van der Waals surface area contributed by atoms with Crippen LogP contribution in [0.25, 0.3) is 0 Å². The van der Waals surface area contributed by atoms with Crippen molar-refractivity contribution >= 4 is 22.8 Å². The fourth-order valence-electron chi connectivity index (χ4n) is 0.344. The molecule has 1 aromatic heterocycles. The topological polar surface area (TPSA) is 41.8 Å². The Kier molecular flexibility index (Phi) is 2.52. The first-order valence-electron chi connectivity index (χ1n) is 1.78. The summed E-state index contributed by atoms with van der Waals surface area (Å²) >= 11 is 0. The van der Waals surface area contributed by atoms with E-state index in [1.807, 2.05) is 6.07 Å². The lowest BCUT2D eigenvalue weighted by molar-refractivity contribution is 1.42. The van der Waals surface area contributed by atoms with E-state index in [9.17, 15) is 0 Å². The van der Waals surface area contributed by atoms with Crippen molar-refractivity contribution in [2.24, 2.45) is 0 Å². The van der Waals surface area contributed by atoms with Gasteiger partial charge >= 0.3 is 0 Å². The Morgan fingerprint density at radius 3 is 2.43 bits per heavy atom. The van der Waals surface area contributed by atoms with E-state index in [4.69, 9.17) is 5.73 Å². The number of halogens is 1. The summed E-state index contributed by atoms with van der Waals surface area (Å²) in [5, 5.41) is 0. The van der Waals surface area contributed by atoms with Gasteiger partial charge in [0.15, 0.2) is 0 Å². The molecule has 0 amide bonds. The number of nitrogen functional groups attached to an aromatic ring is 1. The van der Waals surface area contributed by atoms with Gasteiger partial charge in [0.05, 0.1) is 0 Å². The van der Waals surface area contributed by atoms with Crippen molar-refractivity contribution in [3.05, 3.63) is 18.3 Å². The zero-order chi connectivity index (χ0) is 4.41. The third-order valence-corrected chi connectivity index (χ3v) is 0.622. The Hall–Kier alpha value is -0.440. The van der Waals surface area contributed by atoms with Crippen LogP contribution in [0.1, 0.15) is 0 Å². The molecule has 0 aliphatic rings. The third-order valence-electron chi connectivity index (χ3n) is 0.622. The van der Waals surface area contributed by atoms with E-state index >= 15 is 0 Å². The normalized spacial score (nSPS) is 7.43. The van der Waals surface area contributed by atoms with Crippen molar-refractivity contribution in [1.82, 2.24) is 4.98 Å². The summed E-state index contributed by atoms with van der Waals surface area (Å²) < 4.78 is 0. The molecule has 0 saturated heterocycles. The van der Waals surface area contributed by atoms with Crippen LogP contribution >= 0.6 is 17.0 Å². The summed E-state index contributed by atoms with van der Waals surface area (Å²) in [5.41, 5.74) is 5.22. The molecule has 0 spiro atoms. The quantitative estimate of drug-likeness (QED) is 0.592. The number of H-pyrrole nitrogens is 1. The number of nitrogens with one attached hydrogen (secondary N) is 1. The highest BCUT2D eigenvalue weighted by Gasteiger charge is 1.72. The van der Waals surface area contributed by atoms with E-state index in [0.29, 0.717) is 0 Å². The number of nitrogens with two attached hydrogens (primary N) is 1. The third kappa shape index (κ3) is 1.64. The molecule has 0 radical (unpaired) electrons. The fraction of sp³-hybridized carbons (Fsp3) is 0. The maximum atomic E-state index is 5.22. The Morgan fingerprint density at radius 2 is 2.29 bits per heavy atom. The van der Waals surface area contributed by atoms with E-state index in [1.165, 1.54) is 0 Å². The molecule has 2 nitrogen and oxygen atoms in total. The van der Waals surface area contributed by atoms with Crippen LogP contribution in [0.5, 0.6) is 0 Å². The maximum Gasteiger partial charge on any atom is 0.100 e. The van der Waals surface area contributed by atoms with Gasteiger partial charge in [0.1, 0.15) is 5.82 Å². The predicted molar refractivity (Wildman–Crippen MR) is 35.5 cm³/mol. The number of rotatable bonds is 0. The van der Waals surface area contributed by atoms with Crippen LogP contribution in [0.15, 0.2) is 18.3 Å². The minimum absolute atomic E-state index is 0. The summed E-state index contributed by atoms with van der Waals surface area (Å²) in [6.07, 6.45) is 1.79. The Labute approximate surface area is 52.5 Å². The van der Waals surface area contributed by atoms with Crippen LogP contribution in [0.3, 0.4) is 0 Å². The number of aromatic nitrogens is 1. The van der Waals surface area contributed by atoms with Crippen molar-refractivity contribution in [2.45, 2.75) is 0 Å². The van der Waals surface area contributed by atoms with Crippen LogP contribution in [0.4, 0.5) is 5.82 Å². The zero-order valence-corrected chi connectivity index (χ0v) is 5.43. The second kappa shape index (κ2) is 2.69. The molecule has 3 N–H and O–H groups in total. The predicted octanol–water partition coefficient (Wildman–Crippen LogP) is 1.17. The smallest absolute Gasteiger partial charge is 0.100 e. The molecule has 0 aliphatic heterocycles. The number of aromatic amines is 1. The van der Waals surface area contributed by atoms with Gasteiger partial charge in [-0.15, -0.1) is 17.0 Å². The average molecular weight is 163 g/mol. The summed E-state index contributed by atoms with van der Waals surface area (Å²) in [4.78, 5) is 2.78. The summed E-state index contributed by atoms with van der Waals surface area (Å²) in [6, 6.07) is 3.66. The molecule has 3 heteroatoms. The minimum atomic E-state index is 0. The molecule has 0 atom stereocenters. The highest BCUT2D eigenvalue weighted by Crippen LogP contribution is 1.90. The van der Waals surface area contributed by atoms with Gasteiger partial charge in [-0.05, 0) is 12.1 Å². The molecule has 0 fully saturated rings. The minimum Gasteiger partial charge on any atom is -0.385 e. The van der Waals surface area contributed by atoms with Gasteiger partial charge in [-0.25, -0.2) is 0 Å². The molecule has 7 heavy (non-hydrogen) atoms. The number of hydrogen-bond acceptors (Lipinski definition) is 1. The molecule has 1 rings (SSSR count). The maximum absolute atomic E-state index is 5.22. The summed E-state index contributed by atoms with van der Waals surface area (Å²) in [5.74, 6) is 0.718. The number of hydrogen-bond donors (Lipinski definition) is 2. The van der Waals surface area contributed by atoms with Crippen LogP contribution in [0.2, 0.25) is 0 Å². The van der Waals surface area contributed by atoms with E-state index in [-0.39, 0.29) is 17.0 Å². The van der Waals surface area contributed by atoms with Gasteiger partial charge in [-0.3, -0.25) is 0 Å². The second-order valence-corrected chi connectivity index (χ2v) is 1.13. The molecular weight excluding hydrogens is 156 g/mol. The van der Waals surface area contributed by atoms with Crippen molar-refractivity contribution in [3.63, 3.8) is 0 Å². The SMILES string of the molecule is Br.Nc1ccc[nH]1. The Balaban J connectivity index is 0.000000360. The molecule has 0 aliphatic carbocycles. The largest absolute Gasteiger partial charge is 0.385 e. The van der Waals surface area contributed by atoms with Crippen molar-refractivity contribution in [2.75, 3.05) is 5.73 Å². The van der Waals surface area contributed by atoms with E-state index < -0.39 is 0 Å². The molecule has 0 saturated carbocycles. The molecule has 0 bridgehead atoms. The van der Waals surface area contributed by atoms with Crippen molar-refractivity contribution in [1.29, 1.82) is 0 Å². The number of anilines is 1. The van der Waals surface area contributed by atoms with Crippen molar-refractivity contribution < 1.29 is 0 Å². The van der Waals surface area contributed by atoms with Gasteiger partial charge in [0.2, 0.25) is 0 Å². The lowest BCUT2D eigenvalue weighted by atomic mass is 10.6. The average Bonchev–Trinajstić information content (AvgIpc) is 1.86. The van der Waals surface area contributed by atoms with Crippen LogP contribution in [0, 0.1) is 0 Å². The molecule has 0 aromatic carbocycles. The Bertz CT molecular complexity index is 113. The Morgan fingerprint density at radius 1 is 1.57 bits per heavy atom. The van der Waals surface area contributed by atoms with Gasteiger partial charge in [-0.2, -0.15) is 0 Å². The van der Waals surface area contributed by atoms with Gasteiger partial charge in [0, 0.05) is 6.20 Å². The van der Waals surface area contributed by atoms with Gasteiger partial charge < -0.3 is 10.7 Å². The standard InChI is InChI=1S/C4H6N2.BrH/c5-4-2-1-3-6-4;/h1-3,6H,5H2;1H. The zero-order valence-electron chi connectivity index (χ0n) is 3.72. The second-order valence-electron chi connectivity index (χ2n) is 1.13. The summed E-state index contributed by atoms with van der Waals surface area (Å²) in [7, 11) is 0. The van der Waals surface area contributed by atoms with Crippen molar-refractivity contribution in [3.8, 4) is 0 Å². The van der Waals surface area contributed by atoms with Crippen LogP contribution < -0.4 is 5.73 Å². The van der Waals surface area contributed by atoms with Crippen LogP contribution in [-0.4, -0.2) is 4.98 Å². The monoisotopic (exact) mass is 162 g/mol. The highest BCUT2D eigenvalue weighted by molar-refractivity contribution is 8.93. The molecule has 0 unspecified atom stereocenters. The first kappa shape index (κ1) is 6.56. The lowest BCUT2D eigenvalue weighted by Crippen LogP contribution is -1.79. The van der Waals surface area contributed by atoms with Gasteiger partial charge in [-0.1, -0.05) is 0 Å². The van der Waals surface area contributed by atoms with Crippen LogP contribution in [-0.2, 0) is 0 Å². The van der Waals surface area contributed by atoms with E-state index in [0.717, 1.165) is 5.82 Å². The molecule has 40 valence electrons. The molecular formula is C4H7BrN2. The van der Waals surface area contributed by atoms with E-state index in [1.54, 1.807) is 12.3 Å². The molecule has 1 aromatic rings. The highest BCUT2D eigenvalue weighted by atomic mass is 79.9. The first-order chi connectivity index (χ1) is 2.89.